The first-order valence-electron chi connectivity index (χ1n) is 6.02. The van der Waals surface area contributed by atoms with Crippen LogP contribution in [0.2, 0.25) is 0 Å². The molecule has 4 rings (SSSR count). The number of nitrogens with zero attached hydrogens (tertiary/aromatic N) is 2. The van der Waals surface area contributed by atoms with Gasteiger partial charge >= 0.3 is 0 Å². The molecule has 1 aromatic carbocycles. The molecule has 0 atom stereocenters. The minimum absolute atomic E-state index is 0. The molecule has 2 aliphatic rings. The van der Waals surface area contributed by atoms with Crippen molar-refractivity contribution in [3.63, 3.8) is 0 Å². The van der Waals surface area contributed by atoms with Crippen molar-refractivity contribution in [1.82, 2.24) is 4.90 Å². The maximum atomic E-state index is 4.56. The monoisotopic (exact) mass is 352 g/mol. The molecule has 0 radical (unpaired) electrons. The molecule has 19 heavy (non-hydrogen) atoms. The van der Waals surface area contributed by atoms with E-state index in [0.717, 1.165) is 13.1 Å². The number of allylic oxidation sites excluding steroid dienone is 1. The van der Waals surface area contributed by atoms with Crippen LogP contribution in [0.4, 0.5) is 0 Å². The summed E-state index contributed by atoms with van der Waals surface area (Å²) in [6.07, 6.45) is 0. The van der Waals surface area contributed by atoms with Crippen molar-refractivity contribution in [3.8, 4) is 0 Å². The molecular formula is C14H13BrN2S2. The average Bonchev–Trinajstić information content (AvgIpc) is 3.02. The highest BCUT2D eigenvalue weighted by molar-refractivity contribution is 8.93. The summed E-state index contributed by atoms with van der Waals surface area (Å²) in [7, 11) is 0. The minimum atomic E-state index is 0. The summed E-state index contributed by atoms with van der Waals surface area (Å²) in [4.78, 5) is 8.29. The van der Waals surface area contributed by atoms with Crippen LogP contribution in [0.5, 0.6) is 0 Å². The fourth-order valence-corrected chi connectivity index (χ4v) is 4.48. The summed E-state index contributed by atoms with van der Waals surface area (Å²) in [5.74, 6) is 0. The number of aliphatic imine (C=N–C) groups is 1. The van der Waals surface area contributed by atoms with Gasteiger partial charge in [-0.05, 0) is 24.4 Å². The zero-order chi connectivity index (χ0) is 12.1. The van der Waals surface area contributed by atoms with Gasteiger partial charge in [0, 0.05) is 27.1 Å². The van der Waals surface area contributed by atoms with Gasteiger partial charge in [0.15, 0.2) is 5.17 Å². The first-order valence-corrected chi connectivity index (χ1v) is 7.71. The highest BCUT2D eigenvalue weighted by Gasteiger charge is 2.31. The average molecular weight is 353 g/mol. The van der Waals surface area contributed by atoms with E-state index >= 15 is 0 Å². The Morgan fingerprint density at radius 3 is 3.05 bits per heavy atom. The summed E-state index contributed by atoms with van der Waals surface area (Å²) >= 11 is 3.62. The lowest BCUT2D eigenvalue weighted by molar-refractivity contribution is 0.648. The Balaban J connectivity index is 0.00000110. The smallest absolute Gasteiger partial charge is 0.168 e. The predicted octanol–water partition coefficient (Wildman–Crippen LogP) is 4.59. The lowest BCUT2D eigenvalue weighted by Crippen LogP contribution is -2.20. The molecule has 0 amide bonds. The van der Waals surface area contributed by atoms with Crippen molar-refractivity contribution >= 4 is 61.0 Å². The van der Waals surface area contributed by atoms with Gasteiger partial charge in [-0.15, -0.1) is 28.3 Å². The zero-order valence-electron chi connectivity index (χ0n) is 10.4. The molecule has 98 valence electrons. The molecule has 0 bridgehead atoms. The number of hydrogen-bond donors (Lipinski definition) is 0. The van der Waals surface area contributed by atoms with Crippen LogP contribution in [0.1, 0.15) is 12.5 Å². The van der Waals surface area contributed by atoms with Gasteiger partial charge in [-0.1, -0.05) is 23.9 Å². The molecule has 0 unspecified atom stereocenters. The van der Waals surface area contributed by atoms with Crippen LogP contribution in [-0.2, 0) is 0 Å². The van der Waals surface area contributed by atoms with Crippen LogP contribution < -0.4 is 0 Å². The molecule has 0 saturated heterocycles. The molecule has 2 nitrogen and oxygen atoms in total. The normalized spacial score (nSPS) is 17.7. The SMILES string of the molecule is Br.CC1=C(c2cccc3sccc23)N2CCN=C2S1. The highest BCUT2D eigenvalue weighted by atomic mass is 79.9. The van der Waals surface area contributed by atoms with E-state index in [1.807, 2.05) is 23.1 Å². The summed E-state index contributed by atoms with van der Waals surface area (Å²) in [6, 6.07) is 8.81. The molecule has 0 saturated carbocycles. The molecule has 0 aliphatic carbocycles. The van der Waals surface area contributed by atoms with E-state index in [1.165, 1.54) is 31.4 Å². The minimum Gasteiger partial charge on any atom is -0.318 e. The van der Waals surface area contributed by atoms with Crippen molar-refractivity contribution in [2.75, 3.05) is 13.1 Å². The highest BCUT2D eigenvalue weighted by Crippen LogP contribution is 2.43. The van der Waals surface area contributed by atoms with Gasteiger partial charge in [0.1, 0.15) is 0 Å². The number of thiophene rings is 1. The number of thioether (sulfide) groups is 1. The van der Waals surface area contributed by atoms with Crippen LogP contribution in [-0.4, -0.2) is 23.2 Å². The molecular weight excluding hydrogens is 340 g/mol. The third-order valence-electron chi connectivity index (χ3n) is 3.40. The second kappa shape index (κ2) is 4.96. The third-order valence-corrected chi connectivity index (χ3v) is 5.31. The molecule has 3 heterocycles. The van der Waals surface area contributed by atoms with Gasteiger partial charge in [0.2, 0.25) is 0 Å². The van der Waals surface area contributed by atoms with E-state index in [0.29, 0.717) is 0 Å². The molecule has 5 heteroatoms. The number of benzene rings is 1. The predicted molar refractivity (Wildman–Crippen MR) is 91.3 cm³/mol. The maximum absolute atomic E-state index is 4.56. The van der Waals surface area contributed by atoms with Gasteiger partial charge < -0.3 is 4.90 Å². The Morgan fingerprint density at radius 1 is 1.26 bits per heavy atom. The number of fused-ring (bicyclic) bond motifs is 2. The van der Waals surface area contributed by atoms with E-state index < -0.39 is 0 Å². The van der Waals surface area contributed by atoms with Crippen molar-refractivity contribution in [1.29, 1.82) is 0 Å². The number of halogens is 1. The lowest BCUT2D eigenvalue weighted by Gasteiger charge is -2.17. The number of amidine groups is 1. The topological polar surface area (TPSA) is 15.6 Å². The van der Waals surface area contributed by atoms with Gasteiger partial charge in [0.05, 0.1) is 12.2 Å². The van der Waals surface area contributed by atoms with E-state index in [-0.39, 0.29) is 17.0 Å². The Kier molecular flexibility index (Phi) is 3.45. The second-order valence-electron chi connectivity index (χ2n) is 4.46. The summed E-state index contributed by atoms with van der Waals surface area (Å²) in [6.45, 7) is 4.15. The van der Waals surface area contributed by atoms with Crippen molar-refractivity contribution in [2.24, 2.45) is 4.99 Å². The fraction of sp³-hybridized carbons (Fsp3) is 0.214. The van der Waals surface area contributed by atoms with Crippen LogP contribution in [0.3, 0.4) is 0 Å². The van der Waals surface area contributed by atoms with Crippen LogP contribution in [0.15, 0.2) is 39.5 Å². The van der Waals surface area contributed by atoms with Crippen molar-refractivity contribution < 1.29 is 0 Å². The van der Waals surface area contributed by atoms with E-state index in [1.54, 1.807) is 0 Å². The lowest BCUT2D eigenvalue weighted by atomic mass is 10.1. The van der Waals surface area contributed by atoms with Crippen LogP contribution >= 0.6 is 40.1 Å². The van der Waals surface area contributed by atoms with Crippen molar-refractivity contribution in [2.45, 2.75) is 6.92 Å². The maximum Gasteiger partial charge on any atom is 0.168 e. The first kappa shape index (κ1) is 13.2. The second-order valence-corrected chi connectivity index (χ2v) is 6.59. The van der Waals surface area contributed by atoms with Gasteiger partial charge in [-0.2, -0.15) is 0 Å². The Bertz CT molecular complexity index is 702. The fourth-order valence-electron chi connectivity index (χ4n) is 2.63. The quantitative estimate of drug-likeness (QED) is 0.745. The molecule has 1 aromatic heterocycles. The van der Waals surface area contributed by atoms with E-state index in [9.17, 15) is 0 Å². The molecule has 0 fully saturated rings. The van der Waals surface area contributed by atoms with Crippen LogP contribution in [0.25, 0.3) is 15.8 Å². The molecule has 2 aromatic rings. The molecule has 2 aliphatic heterocycles. The third kappa shape index (κ3) is 1.95. The van der Waals surface area contributed by atoms with E-state index in [4.69, 9.17) is 0 Å². The van der Waals surface area contributed by atoms with Gasteiger partial charge in [-0.3, -0.25) is 4.99 Å². The zero-order valence-corrected chi connectivity index (χ0v) is 13.8. The Morgan fingerprint density at radius 2 is 2.16 bits per heavy atom. The van der Waals surface area contributed by atoms with Crippen LogP contribution in [0, 0.1) is 0 Å². The van der Waals surface area contributed by atoms with Crippen molar-refractivity contribution in [3.05, 3.63) is 40.1 Å². The molecule has 0 spiro atoms. The molecule has 0 N–H and O–H groups in total. The Hall–Kier alpha value is -0.780. The largest absolute Gasteiger partial charge is 0.318 e. The van der Waals surface area contributed by atoms with E-state index in [2.05, 4.69) is 46.5 Å². The van der Waals surface area contributed by atoms with Gasteiger partial charge in [0.25, 0.3) is 0 Å². The summed E-state index contributed by atoms with van der Waals surface area (Å²) < 4.78 is 1.36. The number of hydrogen-bond acceptors (Lipinski definition) is 4. The van der Waals surface area contributed by atoms with Gasteiger partial charge in [-0.25, -0.2) is 0 Å². The summed E-state index contributed by atoms with van der Waals surface area (Å²) in [5.41, 5.74) is 2.71. The summed E-state index contributed by atoms with van der Waals surface area (Å²) in [5, 5.41) is 4.71. The first-order chi connectivity index (χ1) is 8.84. The Labute approximate surface area is 131 Å². The number of rotatable bonds is 1. The standard InChI is InChI=1S/C14H12N2S2.BrH/c1-9-13(16-7-6-15-14(16)18-9)11-3-2-4-12-10(11)5-8-17-12;/h2-5,8H,6-7H2,1H3;1H.